The second kappa shape index (κ2) is 11.0. The second-order valence-electron chi connectivity index (χ2n) is 5.17. The summed E-state index contributed by atoms with van der Waals surface area (Å²) >= 11 is 6.36. The van der Waals surface area contributed by atoms with Gasteiger partial charge in [-0.25, -0.2) is 4.39 Å². The molecule has 6 heteroatoms. The molecule has 0 saturated heterocycles. The molecule has 136 valence electrons. The van der Waals surface area contributed by atoms with Gasteiger partial charge in [-0.05, 0) is 42.3 Å². The fourth-order valence-electron chi connectivity index (χ4n) is 2.18. The summed E-state index contributed by atoms with van der Waals surface area (Å²) in [6.07, 6.45) is 1.80. The maximum atomic E-state index is 13.0. The van der Waals surface area contributed by atoms with Gasteiger partial charge in [0.25, 0.3) is 0 Å². The van der Waals surface area contributed by atoms with Crippen molar-refractivity contribution < 1.29 is 13.9 Å². The summed E-state index contributed by atoms with van der Waals surface area (Å²) in [7, 11) is 0. The Morgan fingerprint density at radius 2 is 1.88 bits per heavy atom. The van der Waals surface area contributed by atoms with Crippen molar-refractivity contribution in [3.05, 3.63) is 71.0 Å². The summed E-state index contributed by atoms with van der Waals surface area (Å²) in [5, 5.41) is 3.71. The van der Waals surface area contributed by atoms with Crippen molar-refractivity contribution in [3.8, 4) is 11.5 Å². The molecule has 0 radical (unpaired) electrons. The van der Waals surface area contributed by atoms with Crippen molar-refractivity contribution in [1.82, 2.24) is 5.32 Å². The van der Waals surface area contributed by atoms with E-state index in [-0.39, 0.29) is 24.8 Å². The first-order valence-electron chi connectivity index (χ1n) is 7.78. The molecule has 1 N–H and O–H groups in total. The highest BCUT2D eigenvalue weighted by atomic mass is 35.5. The standard InChI is InChI=1S/C19H21ClFNO2.ClH/c1-3-9-22-12-15-10-17(20)19(18(11-15)23-4-2)24-13-14-5-7-16(21)8-6-14;/h3,5-8,10-11,22H,1,4,9,12-13H2,2H3;1H. The predicted octanol–water partition coefficient (Wildman–Crippen LogP) is 5.15. The van der Waals surface area contributed by atoms with Crippen LogP contribution in [0.5, 0.6) is 11.5 Å². The molecule has 3 nitrogen and oxygen atoms in total. The highest BCUT2D eigenvalue weighted by molar-refractivity contribution is 6.32. The molecule has 0 atom stereocenters. The maximum absolute atomic E-state index is 13.0. The fraction of sp³-hybridized carbons (Fsp3) is 0.263. The van der Waals surface area contributed by atoms with Crippen molar-refractivity contribution >= 4 is 24.0 Å². The molecule has 0 unspecified atom stereocenters. The van der Waals surface area contributed by atoms with Crippen molar-refractivity contribution in [2.45, 2.75) is 20.1 Å². The number of hydrogen-bond acceptors (Lipinski definition) is 3. The summed E-state index contributed by atoms with van der Waals surface area (Å²) in [5.74, 6) is 0.820. The van der Waals surface area contributed by atoms with E-state index in [1.807, 2.05) is 19.1 Å². The van der Waals surface area contributed by atoms with E-state index in [0.717, 1.165) is 11.1 Å². The Kier molecular flexibility index (Phi) is 9.35. The van der Waals surface area contributed by atoms with E-state index in [1.54, 1.807) is 18.2 Å². The molecule has 25 heavy (non-hydrogen) atoms. The van der Waals surface area contributed by atoms with Gasteiger partial charge in [0.2, 0.25) is 0 Å². The van der Waals surface area contributed by atoms with Gasteiger partial charge < -0.3 is 14.8 Å². The minimum Gasteiger partial charge on any atom is -0.490 e. The van der Waals surface area contributed by atoms with Crippen LogP contribution in [0.4, 0.5) is 4.39 Å². The molecule has 0 amide bonds. The smallest absolute Gasteiger partial charge is 0.180 e. The van der Waals surface area contributed by atoms with Gasteiger partial charge in [0.15, 0.2) is 11.5 Å². The summed E-state index contributed by atoms with van der Waals surface area (Å²) in [5.41, 5.74) is 1.85. The third-order valence-electron chi connectivity index (χ3n) is 3.28. The van der Waals surface area contributed by atoms with E-state index in [4.69, 9.17) is 21.1 Å². The SMILES string of the molecule is C=CCNCc1cc(Cl)c(OCc2ccc(F)cc2)c(OCC)c1.Cl. The van der Waals surface area contributed by atoms with Crippen LogP contribution in [0, 0.1) is 5.82 Å². The zero-order valence-electron chi connectivity index (χ0n) is 14.1. The molecule has 0 aromatic heterocycles. The number of ether oxygens (including phenoxy) is 2. The summed E-state index contributed by atoms with van der Waals surface area (Å²) in [4.78, 5) is 0. The average molecular weight is 386 g/mol. The van der Waals surface area contributed by atoms with E-state index in [1.165, 1.54) is 12.1 Å². The number of rotatable bonds is 9. The van der Waals surface area contributed by atoms with Crippen LogP contribution in [0.2, 0.25) is 5.02 Å². The van der Waals surface area contributed by atoms with Crippen molar-refractivity contribution in [2.24, 2.45) is 0 Å². The molecule has 0 spiro atoms. The minimum absolute atomic E-state index is 0. The molecule has 0 bridgehead atoms. The lowest BCUT2D eigenvalue weighted by atomic mass is 10.2. The largest absolute Gasteiger partial charge is 0.490 e. The molecule has 0 aliphatic carbocycles. The average Bonchev–Trinajstić information content (AvgIpc) is 2.56. The van der Waals surface area contributed by atoms with Gasteiger partial charge >= 0.3 is 0 Å². The van der Waals surface area contributed by atoms with Crippen LogP contribution < -0.4 is 14.8 Å². The highest BCUT2D eigenvalue weighted by Gasteiger charge is 2.13. The fourth-order valence-corrected chi connectivity index (χ4v) is 2.47. The Labute approximate surface area is 159 Å². The van der Waals surface area contributed by atoms with Crippen LogP contribution in [0.15, 0.2) is 49.1 Å². The zero-order chi connectivity index (χ0) is 17.4. The Morgan fingerprint density at radius 3 is 2.52 bits per heavy atom. The maximum Gasteiger partial charge on any atom is 0.180 e. The third kappa shape index (κ3) is 6.58. The highest BCUT2D eigenvalue weighted by Crippen LogP contribution is 2.37. The van der Waals surface area contributed by atoms with E-state index >= 15 is 0 Å². The number of halogens is 3. The first-order chi connectivity index (χ1) is 11.6. The molecule has 2 rings (SSSR count). The normalized spacial score (nSPS) is 10.0. The number of nitrogens with one attached hydrogen (secondary N) is 1. The van der Waals surface area contributed by atoms with Gasteiger partial charge in [-0.2, -0.15) is 0 Å². The first kappa shape index (κ1) is 21.3. The van der Waals surface area contributed by atoms with Gasteiger partial charge in [0, 0.05) is 13.1 Å². The van der Waals surface area contributed by atoms with Crippen molar-refractivity contribution in [3.63, 3.8) is 0 Å². The van der Waals surface area contributed by atoms with E-state index in [9.17, 15) is 4.39 Å². The van der Waals surface area contributed by atoms with Gasteiger partial charge in [-0.15, -0.1) is 19.0 Å². The first-order valence-corrected chi connectivity index (χ1v) is 8.16. The Bertz CT molecular complexity index is 678. The lowest BCUT2D eigenvalue weighted by Crippen LogP contribution is -2.13. The van der Waals surface area contributed by atoms with E-state index < -0.39 is 0 Å². The molecular formula is C19H22Cl2FNO2. The Hall–Kier alpha value is -1.75. The quantitative estimate of drug-likeness (QED) is 0.477. The molecule has 0 aliphatic heterocycles. The lowest BCUT2D eigenvalue weighted by Gasteiger charge is -2.15. The molecule has 0 heterocycles. The molecule has 2 aromatic rings. The summed E-state index contributed by atoms with van der Waals surface area (Å²) in [6.45, 7) is 7.74. The van der Waals surface area contributed by atoms with Crippen LogP contribution in [0.25, 0.3) is 0 Å². The van der Waals surface area contributed by atoms with Crippen molar-refractivity contribution in [2.75, 3.05) is 13.2 Å². The Balaban J connectivity index is 0.00000312. The number of hydrogen-bond donors (Lipinski definition) is 1. The second-order valence-corrected chi connectivity index (χ2v) is 5.58. The van der Waals surface area contributed by atoms with Gasteiger partial charge in [0.1, 0.15) is 12.4 Å². The van der Waals surface area contributed by atoms with Gasteiger partial charge in [0.05, 0.1) is 11.6 Å². The third-order valence-corrected chi connectivity index (χ3v) is 3.56. The molecular weight excluding hydrogens is 364 g/mol. The van der Waals surface area contributed by atoms with E-state index in [2.05, 4.69) is 11.9 Å². The molecule has 0 saturated carbocycles. The van der Waals surface area contributed by atoms with Gasteiger partial charge in [-0.1, -0.05) is 29.8 Å². The summed E-state index contributed by atoms with van der Waals surface area (Å²) in [6, 6.07) is 9.91. The van der Waals surface area contributed by atoms with Crippen LogP contribution in [0.1, 0.15) is 18.1 Å². The number of benzene rings is 2. The molecule has 0 fully saturated rings. The van der Waals surface area contributed by atoms with E-state index in [0.29, 0.717) is 36.2 Å². The zero-order valence-corrected chi connectivity index (χ0v) is 15.6. The molecule has 2 aromatic carbocycles. The van der Waals surface area contributed by atoms with Gasteiger partial charge in [-0.3, -0.25) is 0 Å². The van der Waals surface area contributed by atoms with Crippen LogP contribution >= 0.6 is 24.0 Å². The minimum atomic E-state index is -0.275. The molecule has 0 aliphatic rings. The predicted molar refractivity (Wildman–Crippen MR) is 103 cm³/mol. The van der Waals surface area contributed by atoms with Crippen LogP contribution in [0.3, 0.4) is 0 Å². The van der Waals surface area contributed by atoms with Crippen LogP contribution in [-0.4, -0.2) is 13.2 Å². The van der Waals surface area contributed by atoms with Crippen LogP contribution in [-0.2, 0) is 13.2 Å². The summed E-state index contributed by atoms with van der Waals surface area (Å²) < 4.78 is 24.4. The topological polar surface area (TPSA) is 30.5 Å². The lowest BCUT2D eigenvalue weighted by molar-refractivity contribution is 0.269. The Morgan fingerprint density at radius 1 is 1.16 bits per heavy atom. The van der Waals surface area contributed by atoms with Crippen molar-refractivity contribution in [1.29, 1.82) is 0 Å². The monoisotopic (exact) mass is 385 g/mol.